The third kappa shape index (κ3) is 3.82. The zero-order valence-corrected chi connectivity index (χ0v) is 14.5. The summed E-state index contributed by atoms with van der Waals surface area (Å²) in [6.07, 6.45) is -1.95. The van der Waals surface area contributed by atoms with Gasteiger partial charge in [-0.05, 0) is 46.3 Å². The summed E-state index contributed by atoms with van der Waals surface area (Å²) in [6.45, 7) is 7.93. The van der Waals surface area contributed by atoms with Crippen molar-refractivity contribution in [3.8, 4) is 0 Å². The monoisotopic (exact) mass is 342 g/mol. The number of alkyl halides is 3. The van der Waals surface area contributed by atoms with Crippen LogP contribution in [0.15, 0.2) is 23.8 Å². The van der Waals surface area contributed by atoms with E-state index >= 15 is 0 Å². The van der Waals surface area contributed by atoms with Crippen molar-refractivity contribution < 1.29 is 22.5 Å². The van der Waals surface area contributed by atoms with E-state index in [2.05, 4.69) is 10.3 Å². The van der Waals surface area contributed by atoms with E-state index in [-0.39, 0.29) is 5.56 Å². The van der Waals surface area contributed by atoms with E-state index in [1.54, 1.807) is 7.05 Å². The first-order valence-corrected chi connectivity index (χ1v) is 7.71. The fraction of sp³-hybridized carbons (Fsp3) is 0.562. The normalized spacial score (nSPS) is 20.5. The molecule has 0 radical (unpaired) electrons. The van der Waals surface area contributed by atoms with E-state index in [4.69, 9.17) is 9.31 Å². The Balaban J connectivity index is 2.41. The SMILES string of the molecule is CNCC(=Cc1cccnc1C(F)(F)F)B1OC(C)(C)C(C)(C)O1. The molecule has 2 rings (SSSR count). The van der Waals surface area contributed by atoms with Gasteiger partial charge in [-0.3, -0.25) is 4.98 Å². The predicted octanol–water partition coefficient (Wildman–Crippen LogP) is 3.33. The van der Waals surface area contributed by atoms with Crippen LogP contribution in [0, 0.1) is 0 Å². The highest BCUT2D eigenvalue weighted by Crippen LogP contribution is 2.39. The molecule has 2 heterocycles. The molecule has 0 unspecified atom stereocenters. The lowest BCUT2D eigenvalue weighted by Gasteiger charge is -2.32. The lowest BCUT2D eigenvalue weighted by molar-refractivity contribution is -0.141. The van der Waals surface area contributed by atoms with Gasteiger partial charge in [-0.2, -0.15) is 13.2 Å². The summed E-state index contributed by atoms with van der Waals surface area (Å²) in [5, 5.41) is 2.95. The highest BCUT2D eigenvalue weighted by molar-refractivity contribution is 6.55. The van der Waals surface area contributed by atoms with Crippen LogP contribution in [0.5, 0.6) is 0 Å². The van der Waals surface area contributed by atoms with Crippen LogP contribution in [-0.4, -0.2) is 36.9 Å². The van der Waals surface area contributed by atoms with E-state index in [9.17, 15) is 13.2 Å². The number of nitrogens with one attached hydrogen (secondary N) is 1. The minimum absolute atomic E-state index is 0.00929. The lowest BCUT2D eigenvalue weighted by Crippen LogP contribution is -2.41. The largest absolute Gasteiger partial charge is 0.491 e. The summed E-state index contributed by atoms with van der Waals surface area (Å²) in [5.41, 5.74) is -1.48. The van der Waals surface area contributed by atoms with Crippen molar-refractivity contribution >= 4 is 13.2 Å². The van der Waals surface area contributed by atoms with Crippen LogP contribution in [0.25, 0.3) is 6.08 Å². The van der Waals surface area contributed by atoms with E-state index in [1.165, 1.54) is 18.2 Å². The van der Waals surface area contributed by atoms with Crippen LogP contribution in [0.1, 0.15) is 39.0 Å². The molecule has 4 nitrogen and oxygen atoms in total. The zero-order chi connectivity index (χ0) is 18.2. The quantitative estimate of drug-likeness (QED) is 0.853. The molecule has 1 N–H and O–H groups in total. The summed E-state index contributed by atoms with van der Waals surface area (Å²) >= 11 is 0. The average Bonchev–Trinajstić information content (AvgIpc) is 2.66. The Labute approximate surface area is 140 Å². The van der Waals surface area contributed by atoms with Crippen molar-refractivity contribution in [1.82, 2.24) is 10.3 Å². The van der Waals surface area contributed by atoms with E-state index < -0.39 is 30.2 Å². The number of hydrogen-bond donors (Lipinski definition) is 1. The van der Waals surface area contributed by atoms with Crippen LogP contribution < -0.4 is 5.32 Å². The minimum Gasteiger partial charge on any atom is -0.400 e. The first-order chi connectivity index (χ1) is 11.0. The molecule has 1 aromatic rings. The molecule has 0 bridgehead atoms. The van der Waals surface area contributed by atoms with Gasteiger partial charge in [-0.25, -0.2) is 0 Å². The lowest BCUT2D eigenvalue weighted by atomic mass is 9.77. The fourth-order valence-electron chi connectivity index (χ4n) is 2.37. The van der Waals surface area contributed by atoms with Gasteiger partial charge >= 0.3 is 13.3 Å². The van der Waals surface area contributed by atoms with Gasteiger partial charge < -0.3 is 14.6 Å². The maximum atomic E-state index is 13.1. The number of halogens is 3. The molecule has 1 aliphatic heterocycles. The van der Waals surface area contributed by atoms with Crippen molar-refractivity contribution in [2.45, 2.75) is 45.1 Å². The molecule has 1 saturated heterocycles. The fourth-order valence-corrected chi connectivity index (χ4v) is 2.37. The molecule has 1 aromatic heterocycles. The first-order valence-electron chi connectivity index (χ1n) is 7.71. The van der Waals surface area contributed by atoms with Gasteiger partial charge in [-0.1, -0.05) is 12.1 Å². The van der Waals surface area contributed by atoms with Gasteiger partial charge in [0.15, 0.2) is 5.69 Å². The highest BCUT2D eigenvalue weighted by atomic mass is 19.4. The average molecular weight is 342 g/mol. The molecule has 0 saturated carbocycles. The van der Waals surface area contributed by atoms with Crippen LogP contribution in [-0.2, 0) is 15.5 Å². The molecule has 8 heteroatoms. The van der Waals surface area contributed by atoms with Crippen molar-refractivity contribution in [1.29, 1.82) is 0 Å². The second-order valence-corrected chi connectivity index (χ2v) is 6.78. The number of rotatable bonds is 4. The number of pyridine rings is 1. The van der Waals surface area contributed by atoms with Gasteiger partial charge in [0.25, 0.3) is 0 Å². The van der Waals surface area contributed by atoms with Gasteiger partial charge in [-0.15, -0.1) is 0 Å². The van der Waals surface area contributed by atoms with E-state index in [1.807, 2.05) is 27.7 Å². The molecule has 24 heavy (non-hydrogen) atoms. The molecule has 1 aliphatic rings. The van der Waals surface area contributed by atoms with Crippen molar-refractivity contribution in [2.24, 2.45) is 0 Å². The number of nitrogens with zero attached hydrogens (tertiary/aromatic N) is 1. The Morgan fingerprint density at radius 1 is 1.25 bits per heavy atom. The second kappa shape index (κ2) is 6.50. The summed E-state index contributed by atoms with van der Waals surface area (Å²) < 4.78 is 51.3. The Hall–Kier alpha value is -1.38. The Kier molecular flexibility index (Phi) is 5.13. The molecular formula is C16H22BF3N2O2. The second-order valence-electron chi connectivity index (χ2n) is 6.78. The molecule has 132 valence electrons. The third-order valence-electron chi connectivity index (χ3n) is 4.39. The zero-order valence-electron chi connectivity index (χ0n) is 14.5. The summed E-state index contributed by atoms with van der Waals surface area (Å²) in [6, 6.07) is 2.86. The standard InChI is InChI=1S/C16H22BF3N2O2/c1-14(2)15(3,4)24-17(23-14)12(10-21-5)9-11-7-6-8-22-13(11)16(18,19)20/h6-9,21H,10H2,1-5H3. The van der Waals surface area contributed by atoms with Gasteiger partial charge in [0.05, 0.1) is 11.2 Å². The topological polar surface area (TPSA) is 43.4 Å². The maximum Gasteiger partial charge on any atom is 0.491 e. The third-order valence-corrected chi connectivity index (χ3v) is 4.39. The van der Waals surface area contributed by atoms with Crippen molar-refractivity contribution in [3.63, 3.8) is 0 Å². The number of likely N-dealkylation sites (N-methyl/N-ethyl adjacent to an activating group) is 1. The van der Waals surface area contributed by atoms with Gasteiger partial charge in [0.1, 0.15) is 0 Å². The Bertz CT molecular complexity index is 614. The maximum absolute atomic E-state index is 13.1. The first kappa shape index (κ1) is 19.0. The highest BCUT2D eigenvalue weighted by Gasteiger charge is 2.52. The van der Waals surface area contributed by atoms with Gasteiger partial charge in [0, 0.05) is 18.3 Å². The smallest absolute Gasteiger partial charge is 0.400 e. The van der Waals surface area contributed by atoms with Crippen LogP contribution in [0.3, 0.4) is 0 Å². The van der Waals surface area contributed by atoms with Crippen LogP contribution >= 0.6 is 0 Å². The van der Waals surface area contributed by atoms with Crippen LogP contribution in [0.4, 0.5) is 13.2 Å². The van der Waals surface area contributed by atoms with Gasteiger partial charge in [0.2, 0.25) is 0 Å². The summed E-state index contributed by atoms with van der Waals surface area (Å²) in [5.74, 6) is 0. The number of aromatic nitrogens is 1. The molecule has 1 fully saturated rings. The molecule has 0 aliphatic carbocycles. The molecule has 0 spiro atoms. The van der Waals surface area contributed by atoms with E-state index in [0.29, 0.717) is 12.0 Å². The molecule has 0 atom stereocenters. The minimum atomic E-state index is -4.52. The number of hydrogen-bond acceptors (Lipinski definition) is 4. The van der Waals surface area contributed by atoms with E-state index in [0.717, 1.165) is 6.20 Å². The summed E-state index contributed by atoms with van der Waals surface area (Å²) in [4.78, 5) is 3.48. The molecule has 0 amide bonds. The predicted molar refractivity (Wildman–Crippen MR) is 87.2 cm³/mol. The van der Waals surface area contributed by atoms with Crippen molar-refractivity contribution in [3.05, 3.63) is 35.1 Å². The molecular weight excluding hydrogens is 320 g/mol. The Morgan fingerprint density at radius 3 is 2.33 bits per heavy atom. The Morgan fingerprint density at radius 2 is 1.83 bits per heavy atom. The van der Waals surface area contributed by atoms with Crippen LogP contribution in [0.2, 0.25) is 0 Å². The molecule has 0 aromatic carbocycles. The van der Waals surface area contributed by atoms with Crippen molar-refractivity contribution in [2.75, 3.05) is 13.6 Å². The summed E-state index contributed by atoms with van der Waals surface area (Å²) in [7, 11) is 0.997.